The minimum atomic E-state index is -4.17. The van der Waals surface area contributed by atoms with Crippen molar-refractivity contribution < 1.29 is 112 Å². The molecule has 0 aliphatic heterocycles. The fraction of sp³-hybridized carbons (Fsp3) is 1.00. The predicted molar refractivity (Wildman–Crippen MR) is 27.0 cm³/mol. The molecule has 0 fully saturated rings. The molecule has 10 heavy (non-hydrogen) atoms. The summed E-state index contributed by atoms with van der Waals surface area (Å²) in [6, 6.07) is 0. The summed E-state index contributed by atoms with van der Waals surface area (Å²) >= 11 is 0. The Morgan fingerprint density at radius 3 is 1.70 bits per heavy atom. The first kappa shape index (κ1) is 23.2. The minimum Gasteiger partial charge on any atom is -1.00 e. The molecule has 0 amide bonds. The molecule has 0 saturated heterocycles. The largest absolute Gasteiger partial charge is 1.00 e. The van der Waals surface area contributed by atoms with Crippen LogP contribution >= 0.6 is 7.82 Å². The zero-order chi connectivity index (χ0) is 5.91. The Morgan fingerprint density at radius 2 is 1.70 bits per heavy atom. The number of hydrogen-bond acceptors (Lipinski definition) is 2. The maximum absolute atomic E-state index is 9.70. The topological polar surface area (TPSA) is 66.8 Å². The van der Waals surface area contributed by atoms with Crippen LogP contribution in [0.25, 0.3) is 0 Å². The number of rotatable bonds is 2. The van der Waals surface area contributed by atoms with Crippen LogP contribution in [0.15, 0.2) is 0 Å². The van der Waals surface area contributed by atoms with E-state index in [1.807, 2.05) is 0 Å². The third-order valence-corrected chi connectivity index (χ3v) is 0.892. The maximum Gasteiger partial charge on any atom is 1.00 e. The molecule has 0 aliphatic carbocycles. The van der Waals surface area contributed by atoms with Crippen LogP contribution in [0.5, 0.6) is 0 Å². The Labute approximate surface area is 131 Å². The van der Waals surface area contributed by atoms with Crippen LogP contribution in [0.4, 0.5) is 0 Å². The molecule has 8 heteroatoms. The van der Waals surface area contributed by atoms with Gasteiger partial charge < -0.3 is 14.1 Å². The molecule has 0 bridgehead atoms. The van der Waals surface area contributed by atoms with E-state index in [2.05, 4.69) is 4.52 Å². The van der Waals surface area contributed by atoms with E-state index in [4.69, 9.17) is 9.79 Å². The van der Waals surface area contributed by atoms with Crippen molar-refractivity contribution in [1.29, 1.82) is 0 Å². The molecule has 0 heterocycles. The fourth-order valence-electron chi connectivity index (χ4n) is 0.168. The van der Waals surface area contributed by atoms with Gasteiger partial charge in [0.15, 0.2) is 0 Å². The molecular formula is C2H10Na3O4P. The van der Waals surface area contributed by atoms with Crippen molar-refractivity contribution >= 4 is 7.82 Å². The van der Waals surface area contributed by atoms with Gasteiger partial charge in [0, 0.05) is 0 Å². The zero-order valence-electron chi connectivity index (χ0n) is 9.87. The van der Waals surface area contributed by atoms with Crippen molar-refractivity contribution in [3.8, 4) is 0 Å². The summed E-state index contributed by atoms with van der Waals surface area (Å²) in [4.78, 5) is 15.8. The standard InChI is InChI=1S/C2H7O4P.3Na.3H/c1-2-6-7(3,4)5;;;;;;/h2H2,1H3,(H2,3,4,5);;;;;;/q;3*+1;3*-1. The second-order valence-electron chi connectivity index (χ2n) is 0.908. The van der Waals surface area contributed by atoms with Crippen molar-refractivity contribution in [2.45, 2.75) is 6.92 Å². The van der Waals surface area contributed by atoms with Gasteiger partial charge in [0.2, 0.25) is 0 Å². The minimum absolute atomic E-state index is 0. The zero-order valence-corrected chi connectivity index (χ0v) is 13.8. The van der Waals surface area contributed by atoms with Crippen LogP contribution in [0.1, 0.15) is 11.2 Å². The molecular weight excluding hydrogens is 188 g/mol. The molecule has 0 radical (unpaired) electrons. The summed E-state index contributed by atoms with van der Waals surface area (Å²) < 4.78 is 13.6. The van der Waals surface area contributed by atoms with Crippen molar-refractivity contribution in [2.75, 3.05) is 6.61 Å². The SMILES string of the molecule is CCOP(=O)(O)O.[H-].[H-].[H-].[Na+].[Na+].[Na+]. The van der Waals surface area contributed by atoms with Crippen LogP contribution in [-0.2, 0) is 9.09 Å². The van der Waals surface area contributed by atoms with Crippen molar-refractivity contribution in [1.82, 2.24) is 0 Å². The summed E-state index contributed by atoms with van der Waals surface area (Å²) in [5, 5.41) is 0. The van der Waals surface area contributed by atoms with E-state index < -0.39 is 7.82 Å². The van der Waals surface area contributed by atoms with E-state index >= 15 is 0 Å². The van der Waals surface area contributed by atoms with Gasteiger partial charge in [0.05, 0.1) is 6.61 Å². The quantitative estimate of drug-likeness (QED) is 0.341. The molecule has 0 aromatic carbocycles. The van der Waals surface area contributed by atoms with E-state index in [0.29, 0.717) is 0 Å². The van der Waals surface area contributed by atoms with Gasteiger partial charge in [0.25, 0.3) is 0 Å². The summed E-state index contributed by atoms with van der Waals surface area (Å²) in [7, 11) is -4.17. The average molecular weight is 198 g/mol. The molecule has 0 aromatic heterocycles. The number of hydrogen-bond donors (Lipinski definition) is 2. The first-order valence-corrected chi connectivity index (χ1v) is 3.29. The summed E-state index contributed by atoms with van der Waals surface area (Å²) in [6.45, 7) is 1.56. The smallest absolute Gasteiger partial charge is 1.00 e. The van der Waals surface area contributed by atoms with Crippen LogP contribution < -0.4 is 88.7 Å². The van der Waals surface area contributed by atoms with Crippen LogP contribution in [0, 0.1) is 0 Å². The van der Waals surface area contributed by atoms with E-state index in [1.54, 1.807) is 0 Å². The molecule has 0 unspecified atom stereocenters. The van der Waals surface area contributed by atoms with Gasteiger partial charge in [-0.3, -0.25) is 4.52 Å². The third kappa shape index (κ3) is 22.5. The van der Waals surface area contributed by atoms with Crippen LogP contribution in [0.2, 0.25) is 0 Å². The van der Waals surface area contributed by atoms with Crippen LogP contribution in [-0.4, -0.2) is 16.4 Å². The second-order valence-corrected chi connectivity index (χ2v) is 2.15. The predicted octanol–water partition coefficient (Wildman–Crippen LogP) is -8.53. The Morgan fingerprint density at radius 1 is 1.40 bits per heavy atom. The Balaban J connectivity index is -0.0000000120. The molecule has 0 aromatic rings. The molecule has 0 aliphatic rings. The monoisotopic (exact) mass is 198 g/mol. The Kier molecular flexibility index (Phi) is 28.1. The van der Waals surface area contributed by atoms with Crippen molar-refractivity contribution in [3.05, 3.63) is 0 Å². The first-order chi connectivity index (χ1) is 3.06. The fourth-order valence-corrected chi connectivity index (χ4v) is 0.505. The van der Waals surface area contributed by atoms with Crippen LogP contribution in [0.3, 0.4) is 0 Å². The van der Waals surface area contributed by atoms with Crippen molar-refractivity contribution in [3.63, 3.8) is 0 Å². The Hall–Kier alpha value is 3.11. The van der Waals surface area contributed by atoms with Gasteiger partial charge in [-0.2, -0.15) is 0 Å². The van der Waals surface area contributed by atoms with E-state index in [-0.39, 0.29) is 99.6 Å². The van der Waals surface area contributed by atoms with Gasteiger partial charge in [-0.1, -0.05) is 0 Å². The summed E-state index contributed by atoms with van der Waals surface area (Å²) in [5.41, 5.74) is 0. The van der Waals surface area contributed by atoms with Gasteiger partial charge in [-0.05, 0) is 6.92 Å². The molecule has 2 N–H and O–H groups in total. The molecule has 0 saturated carbocycles. The molecule has 0 atom stereocenters. The van der Waals surface area contributed by atoms with Gasteiger partial charge >= 0.3 is 96.5 Å². The molecule has 4 nitrogen and oxygen atoms in total. The van der Waals surface area contributed by atoms with Crippen molar-refractivity contribution in [2.24, 2.45) is 0 Å². The van der Waals surface area contributed by atoms with Gasteiger partial charge in [-0.15, -0.1) is 0 Å². The van der Waals surface area contributed by atoms with E-state index in [9.17, 15) is 4.57 Å². The second kappa shape index (κ2) is 12.1. The molecule has 50 valence electrons. The average Bonchev–Trinajstić information content (AvgIpc) is 1.30. The van der Waals surface area contributed by atoms with Gasteiger partial charge in [0.1, 0.15) is 0 Å². The summed E-state index contributed by atoms with van der Waals surface area (Å²) in [6.07, 6.45) is 0. The first-order valence-electron chi connectivity index (χ1n) is 1.76. The summed E-state index contributed by atoms with van der Waals surface area (Å²) in [5.74, 6) is 0. The molecule has 0 rings (SSSR count). The van der Waals surface area contributed by atoms with E-state index in [1.165, 1.54) is 6.92 Å². The number of phosphoric ester groups is 1. The Bertz CT molecular complexity index is 103. The third-order valence-electron chi connectivity index (χ3n) is 0.297. The molecule has 0 spiro atoms. The number of phosphoric acid groups is 1. The van der Waals surface area contributed by atoms with Gasteiger partial charge in [-0.25, -0.2) is 4.57 Å². The van der Waals surface area contributed by atoms with E-state index in [0.717, 1.165) is 0 Å². The maximum atomic E-state index is 9.70. The normalized spacial score (nSPS) is 8.30.